The first kappa shape index (κ1) is 21.5. The molecule has 1 aromatic rings. The van der Waals surface area contributed by atoms with E-state index in [0.717, 1.165) is 19.3 Å². The second-order valence-corrected chi connectivity index (χ2v) is 7.38. The molecule has 0 spiro atoms. The average molecular weight is 416 g/mol. The minimum Gasteiger partial charge on any atom is -0.478 e. The van der Waals surface area contributed by atoms with Crippen LogP contribution in [0.4, 0.5) is 5.69 Å². The van der Waals surface area contributed by atoms with Gasteiger partial charge in [0, 0.05) is 30.1 Å². The molecular weight excluding hydrogens is 392 g/mol. The maximum absolute atomic E-state index is 13.0. The van der Waals surface area contributed by atoms with Gasteiger partial charge in [-0.2, -0.15) is 0 Å². The number of esters is 1. The summed E-state index contributed by atoms with van der Waals surface area (Å²) < 4.78 is 11.1. The average Bonchev–Trinajstić information content (AvgIpc) is 2.72. The Balaban J connectivity index is 1.97. The lowest BCUT2D eigenvalue weighted by Gasteiger charge is -2.30. The van der Waals surface area contributed by atoms with Gasteiger partial charge in [-0.15, -0.1) is 0 Å². The van der Waals surface area contributed by atoms with E-state index in [1.165, 1.54) is 18.2 Å². The molecule has 0 aromatic heterocycles. The molecule has 2 heterocycles. The van der Waals surface area contributed by atoms with E-state index in [4.69, 9.17) is 9.47 Å². The summed E-state index contributed by atoms with van der Waals surface area (Å²) in [5.74, 6) is -2.88. The highest BCUT2D eigenvalue weighted by Crippen LogP contribution is 2.39. The molecule has 3 rings (SSSR count). The summed E-state index contributed by atoms with van der Waals surface area (Å²) in [5.41, 5.74) is 1.03. The number of aliphatic carboxylic acids is 1. The second-order valence-electron chi connectivity index (χ2n) is 7.38. The molecule has 160 valence electrons. The molecule has 0 saturated carbocycles. The molecule has 1 saturated heterocycles. The van der Waals surface area contributed by atoms with Crippen LogP contribution in [-0.4, -0.2) is 41.3 Å². The Morgan fingerprint density at radius 1 is 1.27 bits per heavy atom. The number of dihydropyridines is 1. The molecule has 1 aromatic carbocycles. The number of allylic oxidation sites excluding steroid dienone is 2. The number of hydrogen-bond donors (Lipinski definition) is 2. The third kappa shape index (κ3) is 4.51. The topological polar surface area (TPSA) is 128 Å². The summed E-state index contributed by atoms with van der Waals surface area (Å²) in [6, 6.07) is 5.65. The van der Waals surface area contributed by atoms with Gasteiger partial charge >= 0.3 is 11.9 Å². The first-order valence-corrected chi connectivity index (χ1v) is 9.74. The molecule has 1 fully saturated rings. The van der Waals surface area contributed by atoms with E-state index in [0.29, 0.717) is 23.6 Å². The van der Waals surface area contributed by atoms with Crippen molar-refractivity contribution in [2.45, 2.75) is 45.1 Å². The maximum atomic E-state index is 13.0. The molecule has 0 aliphatic carbocycles. The van der Waals surface area contributed by atoms with Crippen LogP contribution in [-0.2, 0) is 19.1 Å². The number of rotatable bonds is 6. The van der Waals surface area contributed by atoms with Crippen molar-refractivity contribution in [2.24, 2.45) is 0 Å². The predicted molar refractivity (Wildman–Crippen MR) is 107 cm³/mol. The molecule has 9 heteroatoms. The smallest absolute Gasteiger partial charge is 0.336 e. The van der Waals surface area contributed by atoms with Crippen molar-refractivity contribution in [3.05, 3.63) is 62.5 Å². The van der Waals surface area contributed by atoms with Crippen molar-refractivity contribution < 1.29 is 29.1 Å². The zero-order valence-corrected chi connectivity index (χ0v) is 16.8. The van der Waals surface area contributed by atoms with Crippen molar-refractivity contribution in [1.82, 2.24) is 5.32 Å². The number of non-ortho nitro benzene ring substituents is 1. The number of nitro groups is 1. The highest BCUT2D eigenvalue weighted by Gasteiger charge is 2.38. The van der Waals surface area contributed by atoms with Gasteiger partial charge in [-0.1, -0.05) is 12.1 Å². The molecule has 30 heavy (non-hydrogen) atoms. The first-order valence-electron chi connectivity index (χ1n) is 9.74. The van der Waals surface area contributed by atoms with Gasteiger partial charge in [-0.25, -0.2) is 9.59 Å². The minimum atomic E-state index is -1.22. The second kappa shape index (κ2) is 9.08. The van der Waals surface area contributed by atoms with Gasteiger partial charge in [-0.05, 0) is 38.7 Å². The third-order valence-electron chi connectivity index (χ3n) is 5.30. The molecule has 2 N–H and O–H groups in total. The lowest BCUT2D eigenvalue weighted by atomic mass is 9.80. The van der Waals surface area contributed by atoms with E-state index in [1.807, 2.05) is 0 Å². The SMILES string of the molecule is CC1=C(C(=O)O)C(c2cccc([N+](=O)[O-])c2)C(C(=O)OCC2CCCCO2)=C(C)N1. The van der Waals surface area contributed by atoms with E-state index >= 15 is 0 Å². The summed E-state index contributed by atoms with van der Waals surface area (Å²) >= 11 is 0. The van der Waals surface area contributed by atoms with E-state index in [1.54, 1.807) is 19.9 Å². The molecule has 0 amide bonds. The van der Waals surface area contributed by atoms with Gasteiger partial charge in [0.1, 0.15) is 6.61 Å². The largest absolute Gasteiger partial charge is 0.478 e. The lowest BCUT2D eigenvalue weighted by molar-refractivity contribution is -0.384. The monoisotopic (exact) mass is 416 g/mol. The van der Waals surface area contributed by atoms with Crippen LogP contribution >= 0.6 is 0 Å². The highest BCUT2D eigenvalue weighted by atomic mass is 16.6. The number of nitrogens with zero attached hydrogens (tertiary/aromatic N) is 1. The van der Waals surface area contributed by atoms with Gasteiger partial charge in [0.2, 0.25) is 0 Å². The van der Waals surface area contributed by atoms with E-state index in [9.17, 15) is 24.8 Å². The van der Waals surface area contributed by atoms with Gasteiger partial charge in [0.15, 0.2) is 0 Å². The number of nitrogens with one attached hydrogen (secondary N) is 1. The summed E-state index contributed by atoms with van der Waals surface area (Å²) in [4.78, 5) is 35.7. The van der Waals surface area contributed by atoms with Crippen LogP contribution in [0.1, 0.15) is 44.6 Å². The molecular formula is C21H24N2O7. The number of carbonyl (C=O) groups is 2. The number of carboxylic acid groups (broad SMARTS) is 1. The van der Waals surface area contributed by atoms with Crippen molar-refractivity contribution in [1.29, 1.82) is 0 Å². The Bertz CT molecular complexity index is 929. The van der Waals surface area contributed by atoms with E-state index in [-0.39, 0.29) is 29.5 Å². The van der Waals surface area contributed by atoms with Crippen molar-refractivity contribution in [2.75, 3.05) is 13.2 Å². The zero-order valence-electron chi connectivity index (χ0n) is 16.8. The molecule has 0 bridgehead atoms. The van der Waals surface area contributed by atoms with Crippen LogP contribution in [0.25, 0.3) is 0 Å². The Morgan fingerprint density at radius 2 is 2.00 bits per heavy atom. The fourth-order valence-corrected chi connectivity index (χ4v) is 3.88. The van der Waals surface area contributed by atoms with E-state index in [2.05, 4.69) is 5.32 Å². The van der Waals surface area contributed by atoms with Crippen LogP contribution in [0, 0.1) is 10.1 Å². The number of carboxylic acids is 1. The molecule has 2 atom stereocenters. The fourth-order valence-electron chi connectivity index (χ4n) is 3.88. The first-order chi connectivity index (χ1) is 14.3. The standard InChI is InChI=1S/C21H24N2O7/c1-12-17(20(24)25)19(14-6-5-7-15(10-14)23(27)28)18(13(2)22-12)21(26)30-11-16-8-3-4-9-29-16/h5-7,10,16,19,22H,3-4,8-9,11H2,1-2H3,(H,24,25). The summed E-state index contributed by atoms with van der Waals surface area (Å²) in [7, 11) is 0. The molecule has 0 radical (unpaired) electrons. The fraction of sp³-hybridized carbons (Fsp3) is 0.429. The molecule has 2 aliphatic rings. The maximum Gasteiger partial charge on any atom is 0.336 e. The van der Waals surface area contributed by atoms with Gasteiger partial charge in [0.25, 0.3) is 5.69 Å². The Hall–Kier alpha value is -3.20. The van der Waals surface area contributed by atoms with Crippen LogP contribution in [0.15, 0.2) is 46.8 Å². The Morgan fingerprint density at radius 3 is 2.63 bits per heavy atom. The molecule has 2 aliphatic heterocycles. The summed E-state index contributed by atoms with van der Waals surface area (Å²) in [6.45, 7) is 3.94. The number of carbonyl (C=O) groups excluding carboxylic acids is 1. The number of hydrogen-bond acceptors (Lipinski definition) is 7. The lowest BCUT2D eigenvalue weighted by Crippen LogP contribution is -2.33. The van der Waals surface area contributed by atoms with Crippen LogP contribution in [0.5, 0.6) is 0 Å². The Labute approximate surface area is 173 Å². The van der Waals surface area contributed by atoms with Gasteiger partial charge in [-0.3, -0.25) is 10.1 Å². The number of ether oxygens (including phenoxy) is 2. The molecule has 9 nitrogen and oxygen atoms in total. The quantitative estimate of drug-likeness (QED) is 0.411. The normalized spacial score (nSPS) is 21.8. The number of nitro benzene ring substituents is 1. The van der Waals surface area contributed by atoms with Gasteiger partial charge < -0.3 is 19.9 Å². The zero-order chi connectivity index (χ0) is 21.8. The summed E-state index contributed by atoms with van der Waals surface area (Å²) in [6.07, 6.45) is 2.57. The minimum absolute atomic E-state index is 0.0537. The molecule has 2 unspecified atom stereocenters. The van der Waals surface area contributed by atoms with Crippen molar-refractivity contribution >= 4 is 17.6 Å². The number of benzene rings is 1. The van der Waals surface area contributed by atoms with Crippen LogP contribution in [0.3, 0.4) is 0 Å². The van der Waals surface area contributed by atoms with Crippen molar-refractivity contribution in [3.8, 4) is 0 Å². The van der Waals surface area contributed by atoms with Crippen LogP contribution in [0.2, 0.25) is 0 Å². The Kier molecular flexibility index (Phi) is 6.51. The van der Waals surface area contributed by atoms with E-state index < -0.39 is 22.8 Å². The van der Waals surface area contributed by atoms with Crippen LogP contribution < -0.4 is 5.32 Å². The van der Waals surface area contributed by atoms with Crippen molar-refractivity contribution in [3.63, 3.8) is 0 Å². The predicted octanol–water partition coefficient (Wildman–Crippen LogP) is 3.03. The third-order valence-corrected chi connectivity index (χ3v) is 5.30. The highest BCUT2D eigenvalue weighted by molar-refractivity contribution is 5.99. The summed E-state index contributed by atoms with van der Waals surface area (Å²) in [5, 5.41) is 24.0. The van der Waals surface area contributed by atoms with Gasteiger partial charge in [0.05, 0.1) is 28.1 Å².